The van der Waals surface area contributed by atoms with Gasteiger partial charge in [-0.25, -0.2) is 9.97 Å². The molecule has 1 aliphatic rings. The van der Waals surface area contributed by atoms with Crippen LogP contribution in [0.15, 0.2) is 48.8 Å². The Kier molecular flexibility index (Phi) is 4.63. The molecule has 1 aromatic carbocycles. The van der Waals surface area contributed by atoms with E-state index in [0.29, 0.717) is 29.5 Å². The molecule has 1 unspecified atom stereocenters. The van der Waals surface area contributed by atoms with E-state index in [0.717, 1.165) is 39.3 Å². The van der Waals surface area contributed by atoms with E-state index < -0.39 is 0 Å². The van der Waals surface area contributed by atoms with Gasteiger partial charge >= 0.3 is 0 Å². The number of ether oxygens (including phenoxy) is 1. The molecule has 7 nitrogen and oxygen atoms in total. The third-order valence-corrected chi connectivity index (χ3v) is 5.84. The molecule has 5 rings (SSSR count). The zero-order valence-corrected chi connectivity index (χ0v) is 18.1. The van der Waals surface area contributed by atoms with Crippen LogP contribution in [0, 0.1) is 25.2 Å². The lowest BCUT2D eigenvalue weighted by molar-refractivity contribution is 0.228. The van der Waals surface area contributed by atoms with Gasteiger partial charge in [0, 0.05) is 29.1 Å². The summed E-state index contributed by atoms with van der Waals surface area (Å²) in [6, 6.07) is 14.3. The lowest BCUT2D eigenvalue weighted by Crippen LogP contribution is -2.12. The summed E-state index contributed by atoms with van der Waals surface area (Å²) in [4.78, 5) is 13.6. The number of rotatable bonds is 0. The van der Waals surface area contributed by atoms with Crippen LogP contribution in [0.5, 0.6) is 5.75 Å². The summed E-state index contributed by atoms with van der Waals surface area (Å²) in [6.45, 7) is 6.46. The average molecular weight is 422 g/mol. The SMILES string of the molecule is Cc1ccc2c(c1)C(C)Oc1cc(cnc1N)-c1c(C#N)nc(C)n1Cc1cccnc1-2. The van der Waals surface area contributed by atoms with Gasteiger partial charge in [0.25, 0.3) is 0 Å². The van der Waals surface area contributed by atoms with Gasteiger partial charge < -0.3 is 15.0 Å². The maximum atomic E-state index is 9.76. The van der Waals surface area contributed by atoms with Crippen molar-refractivity contribution < 1.29 is 4.74 Å². The van der Waals surface area contributed by atoms with E-state index in [-0.39, 0.29) is 6.10 Å². The van der Waals surface area contributed by atoms with Gasteiger partial charge in [-0.2, -0.15) is 5.26 Å². The number of nitrogens with zero attached hydrogens (tertiary/aromatic N) is 5. The molecular formula is C25H22N6O. The minimum absolute atomic E-state index is 0.291. The van der Waals surface area contributed by atoms with E-state index >= 15 is 0 Å². The Labute approximate surface area is 186 Å². The molecule has 158 valence electrons. The number of nitriles is 1. The first-order valence-corrected chi connectivity index (χ1v) is 10.4. The van der Waals surface area contributed by atoms with Gasteiger partial charge in [-0.1, -0.05) is 29.8 Å². The predicted molar refractivity (Wildman–Crippen MR) is 122 cm³/mol. The van der Waals surface area contributed by atoms with Gasteiger partial charge in [0.1, 0.15) is 18.0 Å². The van der Waals surface area contributed by atoms with E-state index in [2.05, 4.69) is 47.2 Å². The molecule has 7 heteroatoms. The van der Waals surface area contributed by atoms with Crippen molar-refractivity contribution in [3.63, 3.8) is 0 Å². The molecule has 3 aromatic heterocycles. The van der Waals surface area contributed by atoms with Crippen molar-refractivity contribution in [2.24, 2.45) is 0 Å². The molecule has 0 saturated carbocycles. The normalized spacial score (nSPS) is 14.6. The second kappa shape index (κ2) is 7.50. The van der Waals surface area contributed by atoms with E-state index in [1.807, 2.05) is 30.5 Å². The highest BCUT2D eigenvalue weighted by Crippen LogP contribution is 2.37. The first-order valence-electron chi connectivity index (χ1n) is 10.4. The van der Waals surface area contributed by atoms with Crippen LogP contribution in [0.3, 0.4) is 0 Å². The summed E-state index contributed by atoms with van der Waals surface area (Å²) in [7, 11) is 0. The molecule has 1 atom stereocenters. The van der Waals surface area contributed by atoms with Crippen molar-refractivity contribution in [1.29, 1.82) is 5.26 Å². The van der Waals surface area contributed by atoms with Crippen molar-refractivity contribution in [1.82, 2.24) is 19.5 Å². The standard InChI is InChI=1S/C25H22N6O/c1-14-6-7-19-20(9-14)15(2)32-22-10-18(12-29-25(22)27)24-21(11-26)30-16(3)31(24)13-17-5-4-8-28-23(17)19/h4-10,12,15H,13H2,1-3H3,(H2,27,29). The monoisotopic (exact) mass is 422 g/mol. The molecule has 32 heavy (non-hydrogen) atoms. The van der Waals surface area contributed by atoms with Crippen molar-refractivity contribution >= 4 is 5.82 Å². The molecule has 0 radical (unpaired) electrons. The Morgan fingerprint density at radius 2 is 2.03 bits per heavy atom. The molecule has 0 amide bonds. The van der Waals surface area contributed by atoms with Crippen LogP contribution in [0.1, 0.15) is 41.2 Å². The molecule has 0 aliphatic carbocycles. The molecule has 1 aliphatic heterocycles. The van der Waals surface area contributed by atoms with Crippen LogP contribution in [0.25, 0.3) is 22.5 Å². The van der Waals surface area contributed by atoms with Crippen molar-refractivity contribution in [3.8, 4) is 34.3 Å². The van der Waals surface area contributed by atoms with Crippen LogP contribution in [0.4, 0.5) is 5.82 Å². The average Bonchev–Trinajstić information content (AvgIpc) is 3.10. The van der Waals surface area contributed by atoms with Gasteiger partial charge in [0.05, 0.1) is 17.9 Å². The third kappa shape index (κ3) is 3.17. The van der Waals surface area contributed by atoms with Crippen LogP contribution in [-0.2, 0) is 6.54 Å². The highest BCUT2D eigenvalue weighted by Gasteiger charge is 2.23. The molecule has 4 heterocycles. The maximum Gasteiger partial charge on any atom is 0.166 e. The lowest BCUT2D eigenvalue weighted by atomic mass is 9.95. The summed E-state index contributed by atoms with van der Waals surface area (Å²) in [5.41, 5.74) is 13.0. The maximum absolute atomic E-state index is 9.76. The Hall–Kier alpha value is -4.18. The summed E-state index contributed by atoms with van der Waals surface area (Å²) in [6.07, 6.45) is 3.17. The molecule has 2 bridgehead atoms. The van der Waals surface area contributed by atoms with E-state index in [9.17, 15) is 5.26 Å². The van der Waals surface area contributed by atoms with Gasteiger partial charge in [0.15, 0.2) is 17.3 Å². The van der Waals surface area contributed by atoms with Crippen LogP contribution < -0.4 is 10.5 Å². The first kappa shape index (κ1) is 19.8. The van der Waals surface area contributed by atoms with E-state index in [4.69, 9.17) is 15.5 Å². The minimum atomic E-state index is -0.291. The number of nitrogens with two attached hydrogens (primary N) is 1. The largest absolute Gasteiger partial charge is 0.482 e. The second-order valence-electron chi connectivity index (χ2n) is 8.02. The number of benzene rings is 1. The highest BCUT2D eigenvalue weighted by molar-refractivity contribution is 5.71. The predicted octanol–water partition coefficient (Wildman–Crippen LogP) is 4.58. The Morgan fingerprint density at radius 3 is 2.84 bits per heavy atom. The molecule has 0 fully saturated rings. The summed E-state index contributed by atoms with van der Waals surface area (Å²) in [5, 5.41) is 9.76. The van der Waals surface area contributed by atoms with Gasteiger partial charge in [-0.15, -0.1) is 0 Å². The van der Waals surface area contributed by atoms with Gasteiger partial charge in [0.2, 0.25) is 0 Å². The summed E-state index contributed by atoms with van der Waals surface area (Å²) < 4.78 is 8.35. The highest BCUT2D eigenvalue weighted by atomic mass is 16.5. The molecule has 0 saturated heterocycles. The summed E-state index contributed by atoms with van der Waals surface area (Å²) in [5.74, 6) is 1.51. The van der Waals surface area contributed by atoms with E-state index in [1.54, 1.807) is 12.4 Å². The number of nitrogen functional groups attached to an aromatic ring is 1. The Morgan fingerprint density at radius 1 is 1.19 bits per heavy atom. The smallest absolute Gasteiger partial charge is 0.166 e. The van der Waals surface area contributed by atoms with Crippen LogP contribution in [0.2, 0.25) is 0 Å². The van der Waals surface area contributed by atoms with Crippen LogP contribution >= 0.6 is 0 Å². The zero-order valence-electron chi connectivity index (χ0n) is 18.1. The van der Waals surface area contributed by atoms with E-state index in [1.165, 1.54) is 0 Å². The molecular weight excluding hydrogens is 400 g/mol. The summed E-state index contributed by atoms with van der Waals surface area (Å²) >= 11 is 0. The number of imidazole rings is 1. The lowest BCUT2D eigenvalue weighted by Gasteiger charge is -2.22. The second-order valence-corrected chi connectivity index (χ2v) is 8.02. The Balaban J connectivity index is 1.85. The molecule has 4 aromatic rings. The number of fused-ring (bicyclic) bond motifs is 7. The minimum Gasteiger partial charge on any atom is -0.482 e. The van der Waals surface area contributed by atoms with Crippen molar-refractivity contribution in [3.05, 3.63) is 77.0 Å². The third-order valence-electron chi connectivity index (χ3n) is 5.84. The fourth-order valence-electron chi connectivity index (χ4n) is 4.27. The van der Waals surface area contributed by atoms with Gasteiger partial charge in [-0.3, -0.25) is 4.98 Å². The number of hydrogen-bond acceptors (Lipinski definition) is 6. The number of aromatic nitrogens is 4. The van der Waals surface area contributed by atoms with Crippen molar-refractivity contribution in [2.45, 2.75) is 33.4 Å². The van der Waals surface area contributed by atoms with Crippen LogP contribution in [-0.4, -0.2) is 19.5 Å². The Bertz CT molecular complexity index is 1400. The number of anilines is 1. The zero-order chi connectivity index (χ0) is 22.4. The fourth-order valence-corrected chi connectivity index (χ4v) is 4.27. The van der Waals surface area contributed by atoms with Gasteiger partial charge in [-0.05, 0) is 38.5 Å². The molecule has 2 N–H and O–H groups in total. The topological polar surface area (TPSA) is 103 Å². The van der Waals surface area contributed by atoms with Crippen molar-refractivity contribution in [2.75, 3.05) is 5.73 Å². The first-order chi connectivity index (χ1) is 15.5. The molecule has 0 spiro atoms. The number of hydrogen-bond donors (Lipinski definition) is 1. The number of pyridine rings is 2. The number of aryl methyl sites for hydroxylation is 2. The quantitative estimate of drug-likeness (QED) is 0.445. The fraction of sp³-hybridized carbons (Fsp3) is 0.200.